The first-order valence-corrected chi connectivity index (χ1v) is 9.18. The van der Waals surface area contributed by atoms with E-state index < -0.39 is 5.97 Å². The van der Waals surface area contributed by atoms with Crippen LogP contribution in [-0.4, -0.2) is 24.4 Å². The summed E-state index contributed by atoms with van der Waals surface area (Å²) >= 11 is 0. The fourth-order valence-electron chi connectivity index (χ4n) is 2.58. The molecule has 6 heteroatoms. The summed E-state index contributed by atoms with van der Waals surface area (Å²) in [6, 6.07) is 14.4. The molecule has 0 unspecified atom stereocenters. The zero-order valence-corrected chi connectivity index (χ0v) is 15.9. The number of hydrogen-bond acceptors (Lipinski definition) is 5. The maximum absolute atomic E-state index is 12.1. The van der Waals surface area contributed by atoms with Crippen LogP contribution in [0.4, 0.5) is 5.69 Å². The minimum absolute atomic E-state index is 0.138. The molecule has 144 valence electrons. The molecule has 1 amide bonds. The van der Waals surface area contributed by atoms with Crippen LogP contribution in [0.3, 0.4) is 0 Å². The normalized spacial score (nSPS) is 14.6. The maximum Gasteiger partial charge on any atom is 0.363 e. The summed E-state index contributed by atoms with van der Waals surface area (Å²) in [4.78, 5) is 27.5. The minimum atomic E-state index is -0.496. The molecule has 0 atom stereocenters. The average molecular weight is 378 g/mol. The predicted octanol–water partition coefficient (Wildman–Crippen LogP) is 4.17. The van der Waals surface area contributed by atoms with E-state index in [1.54, 1.807) is 30.3 Å². The molecule has 0 radical (unpaired) electrons. The minimum Gasteiger partial charge on any atom is -0.494 e. The molecule has 1 aliphatic heterocycles. The SMILES string of the molecule is CCCCOc1ccc(C2=NC(=Cc3ccc(NC(C)=O)cc3)C(=O)O2)cc1. The Hall–Kier alpha value is -3.41. The monoisotopic (exact) mass is 378 g/mol. The van der Waals surface area contributed by atoms with Crippen molar-refractivity contribution in [3.63, 3.8) is 0 Å². The molecule has 0 spiro atoms. The highest BCUT2D eigenvalue weighted by molar-refractivity contribution is 6.12. The van der Waals surface area contributed by atoms with Gasteiger partial charge < -0.3 is 14.8 Å². The molecule has 2 aromatic rings. The van der Waals surface area contributed by atoms with E-state index in [0.717, 1.165) is 24.2 Å². The number of unbranched alkanes of at least 4 members (excludes halogenated alkanes) is 1. The Bertz CT molecular complexity index is 913. The van der Waals surface area contributed by atoms with Crippen molar-refractivity contribution in [3.8, 4) is 5.75 Å². The van der Waals surface area contributed by atoms with E-state index in [1.165, 1.54) is 6.92 Å². The van der Waals surface area contributed by atoms with Crippen LogP contribution in [-0.2, 0) is 14.3 Å². The molecular weight excluding hydrogens is 356 g/mol. The number of cyclic esters (lactones) is 1. The summed E-state index contributed by atoms with van der Waals surface area (Å²) in [5, 5.41) is 2.69. The molecule has 0 fully saturated rings. The van der Waals surface area contributed by atoms with Crippen molar-refractivity contribution >= 4 is 29.5 Å². The lowest BCUT2D eigenvalue weighted by Gasteiger charge is -2.05. The van der Waals surface area contributed by atoms with Crippen molar-refractivity contribution < 1.29 is 19.1 Å². The second-order valence-electron chi connectivity index (χ2n) is 6.37. The highest BCUT2D eigenvalue weighted by Gasteiger charge is 2.24. The Morgan fingerprint density at radius 2 is 1.86 bits per heavy atom. The third-order valence-electron chi connectivity index (χ3n) is 4.02. The van der Waals surface area contributed by atoms with Crippen LogP contribution in [0, 0.1) is 0 Å². The molecule has 1 heterocycles. The molecule has 28 heavy (non-hydrogen) atoms. The highest BCUT2D eigenvalue weighted by atomic mass is 16.6. The molecule has 0 saturated heterocycles. The van der Waals surface area contributed by atoms with Gasteiger partial charge in [-0.1, -0.05) is 25.5 Å². The smallest absolute Gasteiger partial charge is 0.363 e. The van der Waals surface area contributed by atoms with E-state index in [4.69, 9.17) is 9.47 Å². The molecule has 0 saturated carbocycles. The lowest BCUT2D eigenvalue weighted by molar-refractivity contribution is -0.129. The van der Waals surface area contributed by atoms with E-state index in [2.05, 4.69) is 17.2 Å². The molecular formula is C22H22N2O4. The lowest BCUT2D eigenvalue weighted by Crippen LogP contribution is -2.05. The first-order valence-electron chi connectivity index (χ1n) is 9.18. The number of nitrogens with one attached hydrogen (secondary N) is 1. The Morgan fingerprint density at radius 3 is 2.50 bits per heavy atom. The number of aliphatic imine (C=N–C) groups is 1. The van der Waals surface area contributed by atoms with Gasteiger partial charge in [0.1, 0.15) is 5.75 Å². The van der Waals surface area contributed by atoms with Gasteiger partial charge in [-0.25, -0.2) is 9.79 Å². The topological polar surface area (TPSA) is 77.0 Å². The largest absolute Gasteiger partial charge is 0.494 e. The quantitative estimate of drug-likeness (QED) is 0.446. The number of benzene rings is 2. The van der Waals surface area contributed by atoms with Crippen LogP contribution in [0.1, 0.15) is 37.8 Å². The number of anilines is 1. The van der Waals surface area contributed by atoms with Crippen LogP contribution in [0.15, 0.2) is 59.2 Å². The summed E-state index contributed by atoms with van der Waals surface area (Å²) < 4.78 is 10.9. The van der Waals surface area contributed by atoms with Gasteiger partial charge in [0.2, 0.25) is 11.8 Å². The number of carbonyl (C=O) groups excluding carboxylic acids is 2. The molecule has 1 aliphatic rings. The summed E-state index contributed by atoms with van der Waals surface area (Å²) in [7, 11) is 0. The zero-order valence-electron chi connectivity index (χ0n) is 15.9. The number of ether oxygens (including phenoxy) is 2. The van der Waals surface area contributed by atoms with Gasteiger partial charge in [0.05, 0.1) is 6.61 Å². The first-order chi connectivity index (χ1) is 13.5. The number of amides is 1. The third kappa shape index (κ3) is 5.07. The fourth-order valence-corrected chi connectivity index (χ4v) is 2.58. The van der Waals surface area contributed by atoms with Crippen molar-refractivity contribution in [3.05, 3.63) is 65.4 Å². The van der Waals surface area contributed by atoms with Crippen molar-refractivity contribution in [2.45, 2.75) is 26.7 Å². The van der Waals surface area contributed by atoms with Gasteiger partial charge >= 0.3 is 5.97 Å². The third-order valence-corrected chi connectivity index (χ3v) is 4.02. The second kappa shape index (κ2) is 8.99. The van der Waals surface area contributed by atoms with Crippen LogP contribution in [0.25, 0.3) is 6.08 Å². The van der Waals surface area contributed by atoms with E-state index in [1.807, 2.05) is 24.3 Å². The van der Waals surface area contributed by atoms with E-state index in [9.17, 15) is 9.59 Å². The van der Waals surface area contributed by atoms with Crippen molar-refractivity contribution in [1.29, 1.82) is 0 Å². The van der Waals surface area contributed by atoms with Gasteiger partial charge in [0, 0.05) is 18.2 Å². The highest BCUT2D eigenvalue weighted by Crippen LogP contribution is 2.21. The second-order valence-corrected chi connectivity index (χ2v) is 6.37. The summed E-state index contributed by atoms with van der Waals surface area (Å²) in [6.45, 7) is 4.24. The van der Waals surface area contributed by atoms with Crippen LogP contribution in [0.2, 0.25) is 0 Å². The van der Waals surface area contributed by atoms with Gasteiger partial charge in [0.15, 0.2) is 5.70 Å². The lowest BCUT2D eigenvalue weighted by atomic mass is 10.1. The van der Waals surface area contributed by atoms with Gasteiger partial charge in [-0.3, -0.25) is 4.79 Å². The van der Waals surface area contributed by atoms with Gasteiger partial charge in [0.25, 0.3) is 0 Å². The van der Waals surface area contributed by atoms with E-state index >= 15 is 0 Å². The van der Waals surface area contributed by atoms with Crippen molar-refractivity contribution in [1.82, 2.24) is 0 Å². The predicted molar refractivity (Wildman–Crippen MR) is 108 cm³/mol. The molecule has 0 aliphatic carbocycles. The van der Waals surface area contributed by atoms with Crippen LogP contribution >= 0.6 is 0 Å². The fraction of sp³-hybridized carbons (Fsp3) is 0.227. The number of carbonyl (C=O) groups is 2. The summed E-state index contributed by atoms with van der Waals surface area (Å²) in [5.74, 6) is 0.411. The Morgan fingerprint density at radius 1 is 1.14 bits per heavy atom. The molecule has 3 rings (SSSR count). The molecule has 0 aromatic heterocycles. The number of rotatable bonds is 7. The van der Waals surface area contributed by atoms with Crippen LogP contribution < -0.4 is 10.1 Å². The first kappa shape index (κ1) is 19.4. The van der Waals surface area contributed by atoms with Crippen LogP contribution in [0.5, 0.6) is 5.75 Å². The molecule has 6 nitrogen and oxygen atoms in total. The number of hydrogen-bond donors (Lipinski definition) is 1. The van der Waals surface area contributed by atoms with Gasteiger partial charge in [-0.15, -0.1) is 0 Å². The van der Waals surface area contributed by atoms with Crippen molar-refractivity contribution in [2.75, 3.05) is 11.9 Å². The molecule has 2 aromatic carbocycles. The van der Waals surface area contributed by atoms with Gasteiger partial charge in [-0.2, -0.15) is 0 Å². The number of nitrogens with zero attached hydrogens (tertiary/aromatic N) is 1. The Labute approximate surface area is 163 Å². The van der Waals surface area contributed by atoms with E-state index in [-0.39, 0.29) is 17.5 Å². The Balaban J connectivity index is 1.71. The average Bonchev–Trinajstić information content (AvgIpc) is 3.04. The number of esters is 1. The van der Waals surface area contributed by atoms with Gasteiger partial charge in [-0.05, 0) is 54.5 Å². The molecule has 0 bridgehead atoms. The maximum atomic E-state index is 12.1. The van der Waals surface area contributed by atoms with Crippen molar-refractivity contribution in [2.24, 2.45) is 4.99 Å². The summed E-state index contributed by atoms with van der Waals surface area (Å²) in [5.41, 5.74) is 2.41. The standard InChI is InChI=1S/C22H22N2O4/c1-3-4-13-27-19-11-7-17(8-12-19)21-24-20(22(26)28-21)14-16-5-9-18(10-6-16)23-15(2)25/h5-12,14H,3-4,13H2,1-2H3,(H,23,25). The molecule has 1 N–H and O–H groups in total. The Kier molecular flexibility index (Phi) is 6.22. The zero-order chi connectivity index (χ0) is 19.9. The summed E-state index contributed by atoms with van der Waals surface area (Å²) in [6.07, 6.45) is 3.73. The van der Waals surface area contributed by atoms with E-state index in [0.29, 0.717) is 17.9 Å².